The molecule has 1 aliphatic heterocycles. The highest BCUT2D eigenvalue weighted by atomic mass is 15.2. The normalized spacial score (nSPS) is 18.1. The van der Waals surface area contributed by atoms with Gasteiger partial charge < -0.3 is 10.6 Å². The monoisotopic (exact) mass is 247 g/mol. The van der Waals surface area contributed by atoms with E-state index in [9.17, 15) is 0 Å². The van der Waals surface area contributed by atoms with Crippen LogP contribution >= 0.6 is 0 Å². The molecule has 0 amide bonds. The molecule has 2 rings (SSSR count). The molecule has 1 fully saturated rings. The third kappa shape index (κ3) is 2.77. The van der Waals surface area contributed by atoms with Crippen LogP contribution in [0.1, 0.15) is 39.2 Å². The summed E-state index contributed by atoms with van der Waals surface area (Å²) >= 11 is 0. The molecule has 0 unspecified atom stereocenters. The van der Waals surface area contributed by atoms with E-state index in [1.807, 2.05) is 6.92 Å². The summed E-state index contributed by atoms with van der Waals surface area (Å²) in [5.41, 5.74) is 8.15. The summed E-state index contributed by atoms with van der Waals surface area (Å²) in [4.78, 5) is 6.83. The van der Waals surface area contributed by atoms with Crippen molar-refractivity contribution in [3.8, 4) is 0 Å². The molecule has 0 radical (unpaired) electrons. The predicted octanol–water partition coefficient (Wildman–Crippen LogP) is 3.23. The molecule has 1 aromatic heterocycles. The molecular weight excluding hydrogens is 222 g/mol. The maximum atomic E-state index is 5.82. The van der Waals surface area contributed by atoms with Crippen molar-refractivity contribution >= 4 is 11.5 Å². The fourth-order valence-electron chi connectivity index (χ4n) is 2.70. The molecule has 0 aromatic carbocycles. The third-order valence-corrected chi connectivity index (χ3v) is 4.18. The number of hydrogen-bond acceptors (Lipinski definition) is 3. The van der Waals surface area contributed by atoms with Crippen LogP contribution in [0.4, 0.5) is 11.5 Å². The molecule has 18 heavy (non-hydrogen) atoms. The Balaban J connectivity index is 2.03. The zero-order valence-corrected chi connectivity index (χ0v) is 12.0. The van der Waals surface area contributed by atoms with Crippen molar-refractivity contribution in [2.24, 2.45) is 11.3 Å². The minimum Gasteiger partial charge on any atom is -0.397 e. The standard InChI is InChI=1S/C15H25N3/c1-11-9-14(17-10-13(11)16)18-7-5-12(6-8-18)15(2,3)4/h9-10,12H,5-8,16H2,1-4H3. The van der Waals surface area contributed by atoms with Gasteiger partial charge in [-0.3, -0.25) is 0 Å². The van der Waals surface area contributed by atoms with Crippen molar-refractivity contribution in [1.29, 1.82) is 0 Å². The number of aromatic nitrogens is 1. The Morgan fingerprint density at radius 1 is 1.28 bits per heavy atom. The third-order valence-electron chi connectivity index (χ3n) is 4.18. The Hall–Kier alpha value is -1.25. The number of pyridine rings is 1. The van der Waals surface area contributed by atoms with Crippen LogP contribution < -0.4 is 10.6 Å². The summed E-state index contributed by atoms with van der Waals surface area (Å²) in [6, 6.07) is 2.10. The highest BCUT2D eigenvalue weighted by molar-refractivity contribution is 5.52. The van der Waals surface area contributed by atoms with Gasteiger partial charge in [0.15, 0.2) is 0 Å². The second kappa shape index (κ2) is 4.79. The van der Waals surface area contributed by atoms with Crippen LogP contribution in [0.25, 0.3) is 0 Å². The Bertz CT molecular complexity index is 412. The maximum Gasteiger partial charge on any atom is 0.128 e. The Labute approximate surface area is 110 Å². The SMILES string of the molecule is Cc1cc(N2CCC(C(C)(C)C)CC2)ncc1N. The van der Waals surface area contributed by atoms with Crippen molar-refractivity contribution < 1.29 is 0 Å². The van der Waals surface area contributed by atoms with Crippen LogP contribution in [0.2, 0.25) is 0 Å². The Morgan fingerprint density at radius 2 is 1.89 bits per heavy atom. The van der Waals surface area contributed by atoms with E-state index in [2.05, 4.69) is 36.7 Å². The minimum atomic E-state index is 0.427. The summed E-state index contributed by atoms with van der Waals surface area (Å²) in [5.74, 6) is 1.90. The average molecular weight is 247 g/mol. The topological polar surface area (TPSA) is 42.2 Å². The van der Waals surface area contributed by atoms with E-state index in [1.54, 1.807) is 6.20 Å². The first kappa shape index (κ1) is 13.2. The van der Waals surface area contributed by atoms with E-state index in [0.717, 1.165) is 36.1 Å². The predicted molar refractivity (Wildman–Crippen MR) is 77.8 cm³/mol. The van der Waals surface area contributed by atoms with Gasteiger partial charge in [-0.25, -0.2) is 4.98 Å². The van der Waals surface area contributed by atoms with Gasteiger partial charge in [-0.1, -0.05) is 20.8 Å². The van der Waals surface area contributed by atoms with Crippen LogP contribution in [0.15, 0.2) is 12.3 Å². The van der Waals surface area contributed by atoms with Gasteiger partial charge >= 0.3 is 0 Å². The summed E-state index contributed by atoms with van der Waals surface area (Å²) in [5, 5.41) is 0. The number of anilines is 2. The zero-order valence-electron chi connectivity index (χ0n) is 12.0. The molecule has 0 spiro atoms. The van der Waals surface area contributed by atoms with Gasteiger partial charge in [-0.05, 0) is 42.7 Å². The van der Waals surface area contributed by atoms with Gasteiger partial charge in [0.05, 0.1) is 11.9 Å². The highest BCUT2D eigenvalue weighted by Gasteiger charge is 2.29. The first-order valence-corrected chi connectivity index (χ1v) is 6.85. The first-order valence-electron chi connectivity index (χ1n) is 6.85. The van der Waals surface area contributed by atoms with Crippen molar-refractivity contribution in [2.45, 2.75) is 40.5 Å². The fourth-order valence-corrected chi connectivity index (χ4v) is 2.70. The lowest BCUT2D eigenvalue weighted by molar-refractivity contribution is 0.198. The number of aryl methyl sites for hydroxylation is 1. The average Bonchev–Trinajstić information content (AvgIpc) is 2.32. The van der Waals surface area contributed by atoms with E-state index < -0.39 is 0 Å². The number of nitrogens with two attached hydrogens (primary N) is 1. The number of piperidine rings is 1. The van der Waals surface area contributed by atoms with Gasteiger partial charge in [0.1, 0.15) is 5.82 Å². The van der Waals surface area contributed by atoms with Crippen LogP contribution in [0.5, 0.6) is 0 Å². The molecule has 1 saturated heterocycles. The van der Waals surface area contributed by atoms with Gasteiger partial charge in [-0.15, -0.1) is 0 Å². The maximum absolute atomic E-state index is 5.82. The van der Waals surface area contributed by atoms with Gasteiger partial charge in [0, 0.05) is 13.1 Å². The van der Waals surface area contributed by atoms with E-state index in [-0.39, 0.29) is 0 Å². The van der Waals surface area contributed by atoms with Crippen LogP contribution in [0.3, 0.4) is 0 Å². The summed E-state index contributed by atoms with van der Waals surface area (Å²) in [6.07, 6.45) is 4.30. The van der Waals surface area contributed by atoms with Gasteiger partial charge in [0.2, 0.25) is 0 Å². The Kier molecular flexibility index (Phi) is 3.51. The number of rotatable bonds is 1. The van der Waals surface area contributed by atoms with Crippen molar-refractivity contribution in [3.63, 3.8) is 0 Å². The molecule has 0 aliphatic carbocycles. The molecule has 2 heterocycles. The number of nitrogens with zero attached hydrogens (tertiary/aromatic N) is 2. The van der Waals surface area contributed by atoms with Crippen molar-refractivity contribution in [2.75, 3.05) is 23.7 Å². The van der Waals surface area contributed by atoms with Gasteiger partial charge in [0.25, 0.3) is 0 Å². The summed E-state index contributed by atoms with van der Waals surface area (Å²) in [7, 11) is 0. The summed E-state index contributed by atoms with van der Waals surface area (Å²) < 4.78 is 0. The lowest BCUT2D eigenvalue weighted by Gasteiger charge is -2.39. The lowest BCUT2D eigenvalue weighted by atomic mass is 9.75. The van der Waals surface area contributed by atoms with Crippen molar-refractivity contribution in [1.82, 2.24) is 4.98 Å². The second-order valence-electron chi connectivity index (χ2n) is 6.53. The molecule has 1 aromatic rings. The highest BCUT2D eigenvalue weighted by Crippen LogP contribution is 2.35. The van der Waals surface area contributed by atoms with Crippen LogP contribution in [-0.4, -0.2) is 18.1 Å². The van der Waals surface area contributed by atoms with Gasteiger partial charge in [-0.2, -0.15) is 0 Å². The Morgan fingerprint density at radius 3 is 2.39 bits per heavy atom. The number of hydrogen-bond donors (Lipinski definition) is 1. The minimum absolute atomic E-state index is 0.427. The van der Waals surface area contributed by atoms with E-state index >= 15 is 0 Å². The molecule has 100 valence electrons. The molecule has 2 N–H and O–H groups in total. The summed E-state index contributed by atoms with van der Waals surface area (Å²) in [6.45, 7) is 11.3. The molecule has 3 heteroatoms. The molecule has 0 bridgehead atoms. The molecular formula is C15H25N3. The fraction of sp³-hybridized carbons (Fsp3) is 0.667. The van der Waals surface area contributed by atoms with Crippen molar-refractivity contribution in [3.05, 3.63) is 17.8 Å². The lowest BCUT2D eigenvalue weighted by Crippen LogP contribution is -2.38. The van der Waals surface area contributed by atoms with Crippen LogP contribution in [-0.2, 0) is 0 Å². The molecule has 0 saturated carbocycles. The van der Waals surface area contributed by atoms with E-state index in [0.29, 0.717) is 5.41 Å². The van der Waals surface area contributed by atoms with E-state index in [1.165, 1.54) is 12.8 Å². The quantitative estimate of drug-likeness (QED) is 0.828. The molecule has 3 nitrogen and oxygen atoms in total. The molecule has 1 aliphatic rings. The number of nitrogen functional groups attached to an aromatic ring is 1. The smallest absolute Gasteiger partial charge is 0.128 e. The molecule has 0 atom stereocenters. The zero-order chi connectivity index (χ0) is 13.3. The van der Waals surface area contributed by atoms with E-state index in [4.69, 9.17) is 5.73 Å². The van der Waals surface area contributed by atoms with Crippen LogP contribution in [0, 0.1) is 18.3 Å². The largest absolute Gasteiger partial charge is 0.397 e. The second-order valence-corrected chi connectivity index (χ2v) is 6.53. The first-order chi connectivity index (χ1) is 8.38.